The summed E-state index contributed by atoms with van der Waals surface area (Å²) in [7, 11) is 0. The fourth-order valence-electron chi connectivity index (χ4n) is 4.21. The highest BCUT2D eigenvalue weighted by molar-refractivity contribution is 6.10. The van der Waals surface area contributed by atoms with Gasteiger partial charge in [0, 0.05) is 59.4 Å². The van der Waals surface area contributed by atoms with E-state index in [1.165, 1.54) is 12.3 Å². The molecular weight excluding hydrogens is 422 g/mol. The van der Waals surface area contributed by atoms with Crippen molar-refractivity contribution >= 4 is 17.8 Å². The van der Waals surface area contributed by atoms with Gasteiger partial charge in [-0.2, -0.15) is 8.78 Å². The number of alkyl halides is 2. The number of carboxylic acid groups (broad SMARTS) is 1. The number of ether oxygens (including phenoxy) is 1. The zero-order valence-electron chi connectivity index (χ0n) is 17.5. The molecule has 0 saturated heterocycles. The van der Waals surface area contributed by atoms with Crippen LogP contribution in [0.1, 0.15) is 40.9 Å². The first kappa shape index (κ1) is 21.5. The molecule has 2 aliphatic rings. The quantitative estimate of drug-likeness (QED) is 0.467. The number of nitrogens with zero attached hydrogens (tertiary/aromatic N) is 2. The van der Waals surface area contributed by atoms with E-state index in [9.17, 15) is 23.5 Å². The molecule has 32 heavy (non-hydrogen) atoms. The van der Waals surface area contributed by atoms with Gasteiger partial charge in [0.15, 0.2) is 5.43 Å². The van der Waals surface area contributed by atoms with Crippen LogP contribution in [0.25, 0.3) is 16.8 Å². The normalized spacial score (nSPS) is 14.7. The third-order valence-corrected chi connectivity index (χ3v) is 5.61. The van der Waals surface area contributed by atoms with Crippen molar-refractivity contribution in [1.82, 2.24) is 9.99 Å². The maximum Gasteiger partial charge on any atom is 0.341 e. The van der Waals surface area contributed by atoms with Gasteiger partial charge in [-0.1, -0.05) is 0 Å². The van der Waals surface area contributed by atoms with E-state index in [0.717, 1.165) is 29.1 Å². The molecule has 0 aliphatic carbocycles. The second kappa shape index (κ2) is 8.10. The van der Waals surface area contributed by atoms with Crippen molar-refractivity contribution in [3.05, 3.63) is 57.0 Å². The van der Waals surface area contributed by atoms with Gasteiger partial charge in [0.05, 0.1) is 18.8 Å². The highest BCUT2D eigenvalue weighted by Crippen LogP contribution is 2.44. The van der Waals surface area contributed by atoms with Gasteiger partial charge < -0.3 is 25.6 Å². The minimum Gasteiger partial charge on any atom is -0.492 e. The molecule has 4 rings (SSSR count). The highest BCUT2D eigenvalue weighted by atomic mass is 19.3. The van der Waals surface area contributed by atoms with Crippen LogP contribution in [-0.2, 0) is 13.0 Å². The van der Waals surface area contributed by atoms with E-state index < -0.39 is 17.9 Å². The lowest BCUT2D eigenvalue weighted by Gasteiger charge is -2.39. The summed E-state index contributed by atoms with van der Waals surface area (Å²) in [5.74, 6) is -0.815. The average molecular weight is 444 g/mol. The van der Waals surface area contributed by atoms with Crippen LogP contribution in [0, 0.1) is 5.41 Å². The van der Waals surface area contributed by atoms with E-state index in [1.54, 1.807) is 10.7 Å². The first-order valence-electron chi connectivity index (χ1n) is 10.1. The summed E-state index contributed by atoms with van der Waals surface area (Å²) >= 11 is 0. The van der Waals surface area contributed by atoms with Gasteiger partial charge in [0.2, 0.25) is 0 Å². The summed E-state index contributed by atoms with van der Waals surface area (Å²) in [5, 5.41) is 21.0. The van der Waals surface area contributed by atoms with Crippen molar-refractivity contribution < 1.29 is 23.4 Å². The lowest BCUT2D eigenvalue weighted by atomic mass is 9.89. The number of allylic oxidation sites excluding steroid dienone is 1. The van der Waals surface area contributed by atoms with Crippen LogP contribution in [0.4, 0.5) is 8.78 Å². The van der Waals surface area contributed by atoms with E-state index in [1.807, 2.05) is 24.2 Å². The number of aromatic nitrogens is 1. The molecule has 0 saturated carbocycles. The Bertz CT molecular complexity index is 1200. The zero-order valence-corrected chi connectivity index (χ0v) is 17.5. The molecule has 1 aromatic carbocycles. The van der Waals surface area contributed by atoms with Crippen LogP contribution in [0.2, 0.25) is 0 Å². The molecular formula is C22H22F2N4O4. The second-order valence-electron chi connectivity index (χ2n) is 7.85. The van der Waals surface area contributed by atoms with Gasteiger partial charge in [-0.15, -0.1) is 0 Å². The molecule has 0 fully saturated rings. The third-order valence-electron chi connectivity index (χ3n) is 5.61. The molecule has 0 bridgehead atoms. The maximum atomic E-state index is 12.7. The summed E-state index contributed by atoms with van der Waals surface area (Å²) in [6.45, 7) is 1.89. The highest BCUT2D eigenvalue weighted by Gasteiger charge is 2.32. The van der Waals surface area contributed by atoms with E-state index >= 15 is 0 Å². The van der Waals surface area contributed by atoms with Crippen molar-refractivity contribution in [2.24, 2.45) is 0 Å². The Balaban J connectivity index is 1.99. The molecule has 168 valence electrons. The summed E-state index contributed by atoms with van der Waals surface area (Å²) in [6.07, 6.45) is 3.95. The number of fused-ring (bicyclic) bond motifs is 5. The predicted molar refractivity (Wildman–Crippen MR) is 115 cm³/mol. The summed E-state index contributed by atoms with van der Waals surface area (Å²) in [5.41, 5.74) is 2.81. The summed E-state index contributed by atoms with van der Waals surface area (Å²) < 4.78 is 32.9. The lowest BCUT2D eigenvalue weighted by Crippen LogP contribution is -2.44. The number of carbonyl (C=O) groups is 1. The second-order valence-corrected chi connectivity index (χ2v) is 7.85. The van der Waals surface area contributed by atoms with Gasteiger partial charge in [0.1, 0.15) is 11.3 Å². The van der Waals surface area contributed by atoms with Crippen molar-refractivity contribution in [3.8, 4) is 17.0 Å². The van der Waals surface area contributed by atoms with Crippen LogP contribution >= 0.6 is 0 Å². The molecule has 10 heteroatoms. The van der Waals surface area contributed by atoms with Gasteiger partial charge in [-0.05, 0) is 25.5 Å². The number of halogens is 2. The molecule has 0 unspecified atom stereocenters. The van der Waals surface area contributed by atoms with Crippen LogP contribution < -0.4 is 20.5 Å². The lowest BCUT2D eigenvalue weighted by molar-refractivity contribution is 0.0694. The molecule has 3 heterocycles. The molecule has 2 aliphatic heterocycles. The smallest absolute Gasteiger partial charge is 0.341 e. The fraction of sp³-hybridized carbons (Fsp3) is 0.318. The molecule has 0 spiro atoms. The Morgan fingerprint density at radius 2 is 2.06 bits per heavy atom. The monoisotopic (exact) mass is 444 g/mol. The van der Waals surface area contributed by atoms with E-state index in [0.29, 0.717) is 36.6 Å². The average Bonchev–Trinajstić information content (AvgIpc) is 3.22. The standard InChI is InChI=1S/C22H22F2N4O4/c1-11(2)27-9-12-5-15(13(7-25)8-26-22(23)24)20-14(3-4-32-20)19(12)17-6-18(29)16(21(30)31)10-28(17)27/h5-8,10-11,22,25-26H,3-4,9H2,1-2H3,(H,30,31)/b13-8+,25-7?. The fourth-order valence-corrected chi connectivity index (χ4v) is 4.21. The van der Waals surface area contributed by atoms with E-state index in [4.69, 9.17) is 10.1 Å². The Labute approximate surface area is 182 Å². The number of benzene rings is 1. The number of hydrogen-bond donors (Lipinski definition) is 3. The Morgan fingerprint density at radius 1 is 1.31 bits per heavy atom. The Morgan fingerprint density at radius 3 is 2.69 bits per heavy atom. The topological polar surface area (TPSA) is 108 Å². The minimum atomic E-state index is -2.77. The minimum absolute atomic E-state index is 0.0303. The molecule has 1 aromatic heterocycles. The van der Waals surface area contributed by atoms with E-state index in [-0.39, 0.29) is 17.2 Å². The number of nitrogens with one attached hydrogen (secondary N) is 2. The number of rotatable bonds is 6. The molecule has 0 atom stereocenters. The van der Waals surface area contributed by atoms with E-state index in [2.05, 4.69) is 0 Å². The Kier molecular flexibility index (Phi) is 5.45. The molecule has 0 radical (unpaired) electrons. The van der Waals surface area contributed by atoms with Crippen LogP contribution in [-0.4, -0.2) is 41.2 Å². The number of pyridine rings is 1. The Hall–Kier alpha value is -3.69. The van der Waals surface area contributed by atoms with Crippen LogP contribution in [0.3, 0.4) is 0 Å². The third kappa shape index (κ3) is 3.51. The van der Waals surface area contributed by atoms with Gasteiger partial charge in [0.25, 0.3) is 0 Å². The van der Waals surface area contributed by atoms with Crippen molar-refractivity contribution in [2.45, 2.75) is 39.4 Å². The van der Waals surface area contributed by atoms with Crippen molar-refractivity contribution in [2.75, 3.05) is 11.6 Å². The van der Waals surface area contributed by atoms with Gasteiger partial charge in [-0.25, -0.2) is 4.79 Å². The molecule has 2 aromatic rings. The molecule has 8 nitrogen and oxygen atoms in total. The van der Waals surface area contributed by atoms with Crippen molar-refractivity contribution in [3.63, 3.8) is 0 Å². The summed E-state index contributed by atoms with van der Waals surface area (Å²) in [6, 6.07) is 3.08. The number of carboxylic acids is 1. The zero-order chi connectivity index (χ0) is 23.2. The first-order valence-corrected chi connectivity index (χ1v) is 10.1. The summed E-state index contributed by atoms with van der Waals surface area (Å²) in [4.78, 5) is 24.1. The number of hydrogen-bond acceptors (Lipinski definition) is 6. The van der Waals surface area contributed by atoms with Gasteiger partial charge in [-0.3, -0.25) is 9.47 Å². The van der Waals surface area contributed by atoms with Crippen molar-refractivity contribution in [1.29, 1.82) is 5.41 Å². The molecule has 0 amide bonds. The largest absolute Gasteiger partial charge is 0.492 e. The first-order chi connectivity index (χ1) is 15.2. The van der Waals surface area contributed by atoms with Crippen LogP contribution in [0.15, 0.2) is 29.3 Å². The maximum absolute atomic E-state index is 12.7. The van der Waals surface area contributed by atoms with Crippen LogP contribution in [0.5, 0.6) is 5.75 Å². The predicted octanol–water partition coefficient (Wildman–Crippen LogP) is 2.81. The SMILES string of the molecule is CC(C)N1Cc2cc(/C(C=N)=C/NC(F)F)c3c(c2-c2cc(=O)c(C(=O)O)cn21)CCO3. The number of aromatic carboxylic acids is 1. The van der Waals surface area contributed by atoms with Gasteiger partial charge >= 0.3 is 12.5 Å². The molecule has 3 N–H and O–H groups in total.